The van der Waals surface area contributed by atoms with E-state index in [0.29, 0.717) is 11.6 Å². The van der Waals surface area contributed by atoms with Crippen LogP contribution in [0, 0.1) is 0 Å². The fraction of sp³-hybridized carbons (Fsp3) is 0.364. The molecule has 2 heterocycles. The van der Waals surface area contributed by atoms with Crippen LogP contribution >= 0.6 is 11.6 Å². The average Bonchev–Trinajstić information content (AvgIpc) is 2.70. The Morgan fingerprint density at radius 1 is 1.44 bits per heavy atom. The van der Waals surface area contributed by atoms with Crippen molar-refractivity contribution in [3.8, 4) is 5.75 Å². The highest BCUT2D eigenvalue weighted by molar-refractivity contribution is 6.31. The lowest BCUT2D eigenvalue weighted by Crippen LogP contribution is -2.00. The molecule has 0 radical (unpaired) electrons. The molecule has 1 N–H and O–H groups in total. The normalized spacial score (nSPS) is 10.4. The maximum Gasteiger partial charge on any atom is 0.199 e. The second-order valence-electron chi connectivity index (χ2n) is 3.69. The molecule has 2 aromatic rings. The molecular weight excluding hydrogens is 254 g/mol. The van der Waals surface area contributed by atoms with Crippen LogP contribution in [0.3, 0.4) is 0 Å². The Kier molecular flexibility index (Phi) is 3.66. The highest BCUT2D eigenvalue weighted by Gasteiger charge is 2.13. The van der Waals surface area contributed by atoms with Crippen LogP contribution in [-0.2, 0) is 13.5 Å². The second kappa shape index (κ2) is 5.22. The van der Waals surface area contributed by atoms with Crippen LogP contribution in [0.2, 0.25) is 5.15 Å². The molecule has 0 aromatic carbocycles. The van der Waals surface area contributed by atoms with Crippen LogP contribution in [0.5, 0.6) is 5.75 Å². The highest BCUT2D eigenvalue weighted by Crippen LogP contribution is 2.31. The molecule has 0 aliphatic rings. The Morgan fingerprint density at radius 2 is 2.22 bits per heavy atom. The van der Waals surface area contributed by atoms with Crippen molar-refractivity contribution in [1.82, 2.24) is 19.7 Å². The van der Waals surface area contributed by atoms with Crippen LogP contribution in [0.1, 0.15) is 12.6 Å². The Hall–Kier alpha value is -1.82. The zero-order chi connectivity index (χ0) is 13.1. The molecule has 2 rings (SSSR count). The van der Waals surface area contributed by atoms with Crippen molar-refractivity contribution in [1.29, 1.82) is 0 Å². The number of aromatic nitrogens is 4. The lowest BCUT2D eigenvalue weighted by Gasteiger charge is -2.09. The monoisotopic (exact) mass is 267 g/mol. The van der Waals surface area contributed by atoms with Gasteiger partial charge in [-0.25, -0.2) is 9.97 Å². The minimum absolute atomic E-state index is 0.275. The predicted octanol–water partition coefficient (Wildman–Crippen LogP) is 2.18. The van der Waals surface area contributed by atoms with Crippen LogP contribution in [0.15, 0.2) is 12.5 Å². The Morgan fingerprint density at radius 3 is 2.89 bits per heavy atom. The SMILES string of the molecule is CCc1nn(C)cc1Nc1ncnc(Cl)c1OC. The second-order valence-corrected chi connectivity index (χ2v) is 4.05. The van der Waals surface area contributed by atoms with Gasteiger partial charge in [-0.05, 0) is 6.42 Å². The van der Waals surface area contributed by atoms with Gasteiger partial charge in [-0.3, -0.25) is 4.68 Å². The van der Waals surface area contributed by atoms with Crippen molar-refractivity contribution in [2.24, 2.45) is 7.05 Å². The van der Waals surface area contributed by atoms with Gasteiger partial charge < -0.3 is 10.1 Å². The van der Waals surface area contributed by atoms with Gasteiger partial charge in [0.2, 0.25) is 0 Å². The molecule has 7 heteroatoms. The summed E-state index contributed by atoms with van der Waals surface area (Å²) in [6.45, 7) is 2.04. The number of aryl methyl sites for hydroxylation is 2. The number of hydrogen-bond donors (Lipinski definition) is 1. The molecule has 0 aliphatic heterocycles. The van der Waals surface area contributed by atoms with E-state index >= 15 is 0 Å². The van der Waals surface area contributed by atoms with Gasteiger partial charge in [0.05, 0.1) is 18.5 Å². The summed E-state index contributed by atoms with van der Waals surface area (Å²) in [5.41, 5.74) is 1.84. The maximum atomic E-state index is 5.94. The van der Waals surface area contributed by atoms with E-state index in [-0.39, 0.29) is 5.15 Å². The van der Waals surface area contributed by atoms with Gasteiger partial charge in [-0.15, -0.1) is 0 Å². The van der Waals surface area contributed by atoms with E-state index < -0.39 is 0 Å². The molecule has 0 bridgehead atoms. The molecule has 0 aliphatic carbocycles. The largest absolute Gasteiger partial charge is 0.490 e. The fourth-order valence-corrected chi connectivity index (χ4v) is 1.86. The predicted molar refractivity (Wildman–Crippen MR) is 69.5 cm³/mol. The van der Waals surface area contributed by atoms with E-state index in [9.17, 15) is 0 Å². The molecule has 0 saturated heterocycles. The Bertz CT molecular complexity index is 554. The summed E-state index contributed by atoms with van der Waals surface area (Å²) < 4.78 is 6.93. The third-order valence-electron chi connectivity index (χ3n) is 2.46. The van der Waals surface area contributed by atoms with Crippen molar-refractivity contribution >= 4 is 23.1 Å². The molecule has 0 amide bonds. The van der Waals surface area contributed by atoms with E-state index in [1.807, 2.05) is 20.2 Å². The minimum Gasteiger partial charge on any atom is -0.490 e. The summed E-state index contributed by atoms with van der Waals surface area (Å²) in [6.07, 6.45) is 4.09. The van der Waals surface area contributed by atoms with Gasteiger partial charge >= 0.3 is 0 Å². The maximum absolute atomic E-state index is 5.94. The first kappa shape index (κ1) is 12.6. The number of halogens is 1. The number of anilines is 2. The van der Waals surface area contributed by atoms with Crippen LogP contribution in [-0.4, -0.2) is 26.9 Å². The van der Waals surface area contributed by atoms with Gasteiger partial charge in [0.1, 0.15) is 6.33 Å². The van der Waals surface area contributed by atoms with Crippen molar-refractivity contribution in [2.75, 3.05) is 12.4 Å². The topological polar surface area (TPSA) is 64.9 Å². The van der Waals surface area contributed by atoms with Crippen LogP contribution in [0.4, 0.5) is 11.5 Å². The minimum atomic E-state index is 0.275. The Labute approximate surface area is 110 Å². The number of hydrogen-bond acceptors (Lipinski definition) is 5. The number of nitrogens with one attached hydrogen (secondary N) is 1. The summed E-state index contributed by atoms with van der Waals surface area (Å²) >= 11 is 5.94. The third-order valence-corrected chi connectivity index (χ3v) is 2.73. The number of ether oxygens (including phenoxy) is 1. The smallest absolute Gasteiger partial charge is 0.199 e. The van der Waals surface area contributed by atoms with Gasteiger partial charge in [-0.1, -0.05) is 18.5 Å². The molecule has 2 aromatic heterocycles. The van der Waals surface area contributed by atoms with E-state index in [1.54, 1.807) is 4.68 Å². The molecular formula is C11H14ClN5O. The van der Waals surface area contributed by atoms with Gasteiger partial charge in [0.15, 0.2) is 16.7 Å². The lowest BCUT2D eigenvalue weighted by molar-refractivity contribution is 0.413. The van der Waals surface area contributed by atoms with Crippen molar-refractivity contribution in [3.05, 3.63) is 23.4 Å². The number of rotatable bonds is 4. The van der Waals surface area contributed by atoms with Crippen LogP contribution in [0.25, 0.3) is 0 Å². The molecule has 0 saturated carbocycles. The number of methoxy groups -OCH3 is 1. The van der Waals surface area contributed by atoms with Gasteiger partial charge in [0, 0.05) is 13.2 Å². The number of nitrogens with zero attached hydrogens (tertiary/aromatic N) is 4. The van der Waals surface area contributed by atoms with E-state index in [1.165, 1.54) is 13.4 Å². The lowest BCUT2D eigenvalue weighted by atomic mass is 10.3. The first-order valence-electron chi connectivity index (χ1n) is 5.49. The fourth-order valence-electron chi connectivity index (χ4n) is 1.65. The van der Waals surface area contributed by atoms with Gasteiger partial charge in [0.25, 0.3) is 0 Å². The highest BCUT2D eigenvalue weighted by atomic mass is 35.5. The zero-order valence-corrected chi connectivity index (χ0v) is 11.2. The first-order valence-corrected chi connectivity index (χ1v) is 5.87. The van der Waals surface area contributed by atoms with Crippen molar-refractivity contribution in [3.63, 3.8) is 0 Å². The van der Waals surface area contributed by atoms with Crippen molar-refractivity contribution in [2.45, 2.75) is 13.3 Å². The van der Waals surface area contributed by atoms with Crippen molar-refractivity contribution < 1.29 is 4.74 Å². The molecule has 6 nitrogen and oxygen atoms in total. The van der Waals surface area contributed by atoms with E-state index in [2.05, 4.69) is 20.4 Å². The molecule has 0 fully saturated rings. The quantitative estimate of drug-likeness (QED) is 0.860. The van der Waals surface area contributed by atoms with E-state index in [0.717, 1.165) is 17.8 Å². The van der Waals surface area contributed by atoms with Crippen LogP contribution < -0.4 is 10.1 Å². The average molecular weight is 268 g/mol. The molecule has 0 unspecified atom stereocenters. The summed E-state index contributed by atoms with van der Waals surface area (Å²) in [5, 5.41) is 7.78. The standard InChI is InChI=1S/C11H14ClN5O/c1-4-7-8(5-17(2)16-7)15-11-9(18-3)10(12)13-6-14-11/h5-6H,4H2,1-3H3,(H,13,14,15). The summed E-state index contributed by atoms with van der Waals surface area (Å²) in [5.74, 6) is 0.949. The molecule has 18 heavy (non-hydrogen) atoms. The first-order chi connectivity index (χ1) is 8.65. The zero-order valence-electron chi connectivity index (χ0n) is 10.4. The summed E-state index contributed by atoms with van der Waals surface area (Å²) in [4.78, 5) is 7.99. The van der Waals surface area contributed by atoms with Gasteiger partial charge in [-0.2, -0.15) is 5.10 Å². The Balaban J connectivity index is 2.36. The molecule has 0 spiro atoms. The van der Waals surface area contributed by atoms with E-state index in [4.69, 9.17) is 16.3 Å². The molecule has 0 atom stereocenters. The summed E-state index contributed by atoms with van der Waals surface area (Å²) in [7, 11) is 3.40. The summed E-state index contributed by atoms with van der Waals surface area (Å²) in [6, 6.07) is 0. The third kappa shape index (κ3) is 2.38. The molecule has 96 valence electrons.